The third-order valence-corrected chi connectivity index (χ3v) is 4.66. The van der Waals surface area contributed by atoms with E-state index >= 15 is 0 Å². The molecular formula is C10H14N2OS2. The van der Waals surface area contributed by atoms with Crippen molar-refractivity contribution < 1.29 is 4.79 Å². The van der Waals surface area contributed by atoms with Crippen LogP contribution in [0.25, 0.3) is 0 Å². The average Bonchev–Trinajstić information content (AvgIpc) is 2.17. The van der Waals surface area contributed by atoms with E-state index in [1.807, 2.05) is 13.0 Å². The molecule has 0 radical (unpaired) electrons. The molecule has 3 nitrogen and oxygen atoms in total. The van der Waals surface area contributed by atoms with Gasteiger partial charge in [-0.1, -0.05) is 32.5 Å². The number of rotatable bonds is 3. The summed E-state index contributed by atoms with van der Waals surface area (Å²) in [5.74, 6) is 1.02. The number of carbonyl (C=O) groups excluding carboxylic acids is 1. The largest absolute Gasteiger partial charge is 0.339 e. The van der Waals surface area contributed by atoms with Gasteiger partial charge in [-0.3, -0.25) is 4.79 Å². The fourth-order valence-corrected chi connectivity index (χ4v) is 3.54. The van der Waals surface area contributed by atoms with Gasteiger partial charge in [0, 0.05) is 0 Å². The Morgan fingerprint density at radius 1 is 1.67 bits per heavy atom. The topological polar surface area (TPSA) is 52.9 Å². The van der Waals surface area contributed by atoms with Gasteiger partial charge in [0.15, 0.2) is 0 Å². The molecule has 1 heterocycles. The van der Waals surface area contributed by atoms with Crippen LogP contribution >= 0.6 is 23.5 Å². The summed E-state index contributed by atoms with van der Waals surface area (Å²) in [5, 5.41) is 11.8. The standard InChI is InChI=1S/C10H14N2OS2/c1-4-14-10-7(5-11)8(13)12-9(15-10)6(2)3/h6,9H,4H2,1-3H3,(H,12,13)/t9-/m1/s1. The molecule has 15 heavy (non-hydrogen) atoms. The van der Waals surface area contributed by atoms with Crippen molar-refractivity contribution in [2.24, 2.45) is 5.92 Å². The first-order chi connectivity index (χ1) is 7.10. The van der Waals surface area contributed by atoms with Crippen LogP contribution in [0.3, 0.4) is 0 Å². The van der Waals surface area contributed by atoms with Gasteiger partial charge < -0.3 is 5.32 Å². The number of amides is 1. The Hall–Kier alpha value is -0.600. The fraction of sp³-hybridized carbons (Fsp3) is 0.600. The molecule has 1 aliphatic heterocycles. The monoisotopic (exact) mass is 242 g/mol. The van der Waals surface area contributed by atoms with Gasteiger partial charge in [-0.15, -0.1) is 11.8 Å². The first-order valence-corrected chi connectivity index (χ1v) is 6.71. The summed E-state index contributed by atoms with van der Waals surface area (Å²) < 4.78 is 0.863. The Bertz CT molecular complexity index is 331. The number of nitrogens with zero attached hydrogens (tertiary/aromatic N) is 1. The molecule has 5 heteroatoms. The molecule has 0 bridgehead atoms. The van der Waals surface area contributed by atoms with Gasteiger partial charge in [0.05, 0.1) is 9.61 Å². The Balaban J connectivity index is 2.93. The van der Waals surface area contributed by atoms with Crippen molar-refractivity contribution in [3.8, 4) is 6.07 Å². The van der Waals surface area contributed by atoms with Crippen LogP contribution in [0.15, 0.2) is 9.81 Å². The molecule has 0 unspecified atom stereocenters. The third-order valence-electron chi connectivity index (χ3n) is 1.93. The molecule has 0 fully saturated rings. The van der Waals surface area contributed by atoms with Crippen LogP contribution in [-0.2, 0) is 4.79 Å². The minimum atomic E-state index is -0.231. The molecule has 0 aromatic rings. The Morgan fingerprint density at radius 2 is 2.33 bits per heavy atom. The Kier molecular flexibility index (Phi) is 4.55. The van der Waals surface area contributed by atoms with Gasteiger partial charge in [-0.25, -0.2) is 0 Å². The first kappa shape index (κ1) is 12.5. The van der Waals surface area contributed by atoms with Crippen molar-refractivity contribution in [3.05, 3.63) is 9.81 Å². The third kappa shape index (κ3) is 2.93. The predicted molar refractivity (Wildman–Crippen MR) is 65.1 cm³/mol. The zero-order chi connectivity index (χ0) is 11.4. The molecule has 0 spiro atoms. The maximum absolute atomic E-state index is 11.6. The number of nitrogens with one attached hydrogen (secondary N) is 1. The van der Waals surface area contributed by atoms with Crippen LogP contribution in [0.1, 0.15) is 20.8 Å². The summed E-state index contributed by atoms with van der Waals surface area (Å²) >= 11 is 3.16. The van der Waals surface area contributed by atoms with Gasteiger partial charge in [0.1, 0.15) is 11.6 Å². The predicted octanol–water partition coefficient (Wildman–Crippen LogP) is 2.32. The summed E-state index contributed by atoms with van der Waals surface area (Å²) in [6.45, 7) is 6.14. The second kappa shape index (κ2) is 5.47. The smallest absolute Gasteiger partial charge is 0.264 e. The zero-order valence-corrected chi connectivity index (χ0v) is 10.7. The summed E-state index contributed by atoms with van der Waals surface area (Å²) in [7, 11) is 0. The quantitative estimate of drug-likeness (QED) is 0.825. The van der Waals surface area contributed by atoms with Crippen molar-refractivity contribution in [1.29, 1.82) is 5.26 Å². The van der Waals surface area contributed by atoms with E-state index in [1.165, 1.54) is 0 Å². The molecule has 1 amide bonds. The lowest BCUT2D eigenvalue weighted by Gasteiger charge is -2.27. The summed E-state index contributed by atoms with van der Waals surface area (Å²) in [6, 6.07) is 1.97. The fourth-order valence-electron chi connectivity index (χ4n) is 1.13. The van der Waals surface area contributed by atoms with E-state index in [9.17, 15) is 4.79 Å². The van der Waals surface area contributed by atoms with E-state index in [-0.39, 0.29) is 16.9 Å². The summed E-state index contributed by atoms with van der Waals surface area (Å²) in [5.41, 5.74) is 0.267. The normalized spacial score (nSPS) is 21.5. The maximum atomic E-state index is 11.6. The van der Waals surface area contributed by atoms with Crippen molar-refractivity contribution in [1.82, 2.24) is 5.32 Å². The number of thioether (sulfide) groups is 2. The van der Waals surface area contributed by atoms with Crippen LogP contribution in [0, 0.1) is 17.2 Å². The highest BCUT2D eigenvalue weighted by Gasteiger charge is 2.29. The molecule has 1 aliphatic rings. The van der Waals surface area contributed by atoms with Gasteiger partial charge >= 0.3 is 0 Å². The second-order valence-electron chi connectivity index (χ2n) is 3.46. The number of nitriles is 1. The minimum absolute atomic E-state index is 0.0867. The number of hydrogen-bond acceptors (Lipinski definition) is 4. The zero-order valence-electron chi connectivity index (χ0n) is 9.03. The Morgan fingerprint density at radius 3 is 2.80 bits per heavy atom. The van der Waals surface area contributed by atoms with Gasteiger partial charge in [-0.05, 0) is 11.7 Å². The lowest BCUT2D eigenvalue weighted by molar-refractivity contribution is -0.117. The van der Waals surface area contributed by atoms with E-state index < -0.39 is 0 Å². The van der Waals surface area contributed by atoms with Crippen molar-refractivity contribution in [3.63, 3.8) is 0 Å². The lowest BCUT2D eigenvalue weighted by atomic mass is 10.2. The molecule has 1 atom stereocenters. The van der Waals surface area contributed by atoms with E-state index in [4.69, 9.17) is 5.26 Å². The molecule has 0 saturated carbocycles. The van der Waals surface area contributed by atoms with Crippen LogP contribution < -0.4 is 5.32 Å². The van der Waals surface area contributed by atoms with E-state index in [0.29, 0.717) is 5.92 Å². The molecule has 0 saturated heterocycles. The second-order valence-corrected chi connectivity index (χ2v) is 6.15. The number of carbonyl (C=O) groups is 1. The highest BCUT2D eigenvalue weighted by atomic mass is 32.2. The molecule has 1 N–H and O–H groups in total. The SMILES string of the molecule is CCSC1=C(C#N)C(=O)N[C@@H](C(C)C)S1. The molecule has 0 aromatic carbocycles. The molecule has 0 aliphatic carbocycles. The summed E-state index contributed by atoms with van der Waals surface area (Å²) in [6.07, 6.45) is 0. The van der Waals surface area contributed by atoms with Gasteiger partial charge in [0.2, 0.25) is 0 Å². The molecule has 1 rings (SSSR count). The number of hydrogen-bond donors (Lipinski definition) is 1. The van der Waals surface area contributed by atoms with Crippen LogP contribution in [0.4, 0.5) is 0 Å². The highest BCUT2D eigenvalue weighted by Crippen LogP contribution is 2.38. The maximum Gasteiger partial charge on any atom is 0.264 e. The average molecular weight is 242 g/mol. The van der Waals surface area contributed by atoms with Crippen LogP contribution in [-0.4, -0.2) is 17.0 Å². The first-order valence-electron chi connectivity index (χ1n) is 4.84. The van der Waals surface area contributed by atoms with E-state index in [2.05, 4.69) is 19.2 Å². The summed E-state index contributed by atoms with van der Waals surface area (Å²) in [4.78, 5) is 11.6. The van der Waals surface area contributed by atoms with Crippen molar-refractivity contribution in [2.45, 2.75) is 26.1 Å². The van der Waals surface area contributed by atoms with Crippen LogP contribution in [0.2, 0.25) is 0 Å². The van der Waals surface area contributed by atoms with Crippen LogP contribution in [0.5, 0.6) is 0 Å². The molecular weight excluding hydrogens is 228 g/mol. The minimum Gasteiger partial charge on any atom is -0.339 e. The van der Waals surface area contributed by atoms with Gasteiger partial charge in [0.25, 0.3) is 5.91 Å². The van der Waals surface area contributed by atoms with E-state index in [0.717, 1.165) is 9.99 Å². The highest BCUT2D eigenvalue weighted by molar-refractivity contribution is 8.22. The van der Waals surface area contributed by atoms with Gasteiger partial charge in [-0.2, -0.15) is 5.26 Å². The lowest BCUT2D eigenvalue weighted by Crippen LogP contribution is -2.39. The van der Waals surface area contributed by atoms with Crippen molar-refractivity contribution >= 4 is 29.4 Å². The Labute approximate surface area is 98.7 Å². The van der Waals surface area contributed by atoms with Crippen molar-refractivity contribution in [2.75, 3.05) is 5.75 Å². The molecule has 82 valence electrons. The van der Waals surface area contributed by atoms with E-state index in [1.54, 1.807) is 23.5 Å². The molecule has 0 aromatic heterocycles.